The summed E-state index contributed by atoms with van der Waals surface area (Å²) in [6.45, 7) is 2.31. The standard InChI is InChI=1S/C22H20N4O5S/c1-13-3-2-4-15(7-13)21-24-25-22(32-12-16-9-19(29)20(30)11-31-16)26(21)23-10-14-5-6-17(27)18(28)8-14/h2-9,11,23,27-28,30H,10,12H2,1H3. The molecule has 2 aromatic heterocycles. The summed E-state index contributed by atoms with van der Waals surface area (Å²) in [6.07, 6.45) is 1.01. The van der Waals surface area contributed by atoms with Crippen LogP contribution in [0.5, 0.6) is 17.2 Å². The highest BCUT2D eigenvalue weighted by atomic mass is 32.2. The maximum Gasteiger partial charge on any atom is 0.226 e. The highest BCUT2D eigenvalue weighted by molar-refractivity contribution is 7.98. The molecule has 0 fully saturated rings. The normalized spacial score (nSPS) is 10.9. The van der Waals surface area contributed by atoms with Crippen LogP contribution in [0.15, 0.2) is 69.2 Å². The van der Waals surface area contributed by atoms with Gasteiger partial charge in [0.1, 0.15) is 12.0 Å². The minimum absolute atomic E-state index is 0.190. The van der Waals surface area contributed by atoms with Crippen LogP contribution in [-0.2, 0) is 12.3 Å². The molecule has 0 saturated carbocycles. The molecule has 0 spiro atoms. The molecule has 0 radical (unpaired) electrons. The number of nitrogens with zero attached hydrogens (tertiary/aromatic N) is 3. The number of benzene rings is 2. The van der Waals surface area contributed by atoms with Crippen molar-refractivity contribution in [2.75, 3.05) is 5.43 Å². The Bertz CT molecular complexity index is 1320. The largest absolute Gasteiger partial charge is 0.504 e. The number of aryl methyl sites for hydroxylation is 1. The van der Waals surface area contributed by atoms with E-state index >= 15 is 0 Å². The second kappa shape index (κ2) is 9.06. The lowest BCUT2D eigenvalue weighted by Crippen LogP contribution is -2.17. The first kappa shape index (κ1) is 21.3. The number of nitrogens with one attached hydrogen (secondary N) is 1. The van der Waals surface area contributed by atoms with Gasteiger partial charge in [-0.2, -0.15) is 0 Å². The first-order chi connectivity index (χ1) is 15.4. The second-order valence-electron chi connectivity index (χ2n) is 7.05. The number of phenols is 2. The lowest BCUT2D eigenvalue weighted by molar-refractivity contribution is 0.403. The lowest BCUT2D eigenvalue weighted by atomic mass is 10.1. The van der Waals surface area contributed by atoms with E-state index in [-0.39, 0.29) is 11.5 Å². The Labute approximate surface area is 187 Å². The van der Waals surface area contributed by atoms with Crippen LogP contribution in [0.1, 0.15) is 16.9 Å². The van der Waals surface area contributed by atoms with Crippen LogP contribution < -0.4 is 10.9 Å². The van der Waals surface area contributed by atoms with Crippen LogP contribution in [0.25, 0.3) is 11.4 Å². The third kappa shape index (κ3) is 4.70. The molecule has 32 heavy (non-hydrogen) atoms. The van der Waals surface area contributed by atoms with Crippen molar-refractivity contribution >= 4 is 11.8 Å². The molecule has 0 aliphatic rings. The highest BCUT2D eigenvalue weighted by Gasteiger charge is 2.16. The van der Waals surface area contributed by atoms with Crippen LogP contribution in [-0.4, -0.2) is 30.2 Å². The van der Waals surface area contributed by atoms with Crippen molar-refractivity contribution in [1.29, 1.82) is 0 Å². The van der Waals surface area contributed by atoms with Gasteiger partial charge in [-0.05, 0) is 30.7 Å². The van der Waals surface area contributed by atoms with E-state index in [1.807, 2.05) is 31.2 Å². The van der Waals surface area contributed by atoms with Crippen molar-refractivity contribution in [3.8, 4) is 28.6 Å². The Kier molecular flexibility index (Phi) is 6.04. The minimum Gasteiger partial charge on any atom is -0.504 e. The summed E-state index contributed by atoms with van der Waals surface area (Å²) in [4.78, 5) is 11.6. The van der Waals surface area contributed by atoms with Gasteiger partial charge in [0, 0.05) is 11.6 Å². The fraction of sp³-hybridized carbons (Fsp3) is 0.136. The molecule has 0 unspecified atom stereocenters. The lowest BCUT2D eigenvalue weighted by Gasteiger charge is -2.13. The molecule has 4 N–H and O–H groups in total. The molecular weight excluding hydrogens is 432 g/mol. The van der Waals surface area contributed by atoms with E-state index in [1.54, 1.807) is 10.7 Å². The number of aromatic nitrogens is 3. The van der Waals surface area contributed by atoms with Gasteiger partial charge in [-0.3, -0.25) is 4.79 Å². The Morgan fingerprint density at radius 3 is 2.62 bits per heavy atom. The predicted octanol–water partition coefficient (Wildman–Crippen LogP) is 3.36. The average Bonchev–Trinajstić information content (AvgIpc) is 3.18. The molecule has 0 saturated heterocycles. The number of hydrogen-bond acceptors (Lipinski definition) is 9. The number of aromatic hydroxyl groups is 3. The molecule has 164 valence electrons. The summed E-state index contributed by atoms with van der Waals surface area (Å²) >= 11 is 1.30. The summed E-state index contributed by atoms with van der Waals surface area (Å²) in [7, 11) is 0. The number of hydrogen-bond donors (Lipinski definition) is 4. The first-order valence-corrected chi connectivity index (χ1v) is 10.6. The van der Waals surface area contributed by atoms with E-state index in [2.05, 4.69) is 15.6 Å². The minimum atomic E-state index is -0.515. The summed E-state index contributed by atoms with van der Waals surface area (Å²) in [6, 6.07) is 13.6. The number of phenolic OH excluding ortho intramolecular Hbond substituents is 2. The van der Waals surface area contributed by atoms with E-state index in [1.165, 1.54) is 30.0 Å². The van der Waals surface area contributed by atoms with Crippen molar-refractivity contribution in [3.05, 3.63) is 81.9 Å². The van der Waals surface area contributed by atoms with Gasteiger partial charge in [0.2, 0.25) is 10.6 Å². The molecule has 0 aliphatic heterocycles. The molecule has 4 rings (SSSR count). The monoisotopic (exact) mass is 452 g/mol. The van der Waals surface area contributed by atoms with Crippen molar-refractivity contribution in [3.63, 3.8) is 0 Å². The fourth-order valence-electron chi connectivity index (χ4n) is 2.98. The zero-order valence-electron chi connectivity index (χ0n) is 17.0. The van der Waals surface area contributed by atoms with E-state index in [0.717, 1.165) is 23.0 Å². The second-order valence-corrected chi connectivity index (χ2v) is 8.00. The Hall–Kier alpha value is -3.92. The van der Waals surface area contributed by atoms with Gasteiger partial charge in [0.15, 0.2) is 23.1 Å². The summed E-state index contributed by atoms with van der Waals surface area (Å²) in [5.74, 6) is 0.430. The SMILES string of the molecule is Cc1cccc(-c2nnc(SCc3cc(=O)c(O)co3)n2NCc2ccc(O)c(O)c2)c1. The van der Waals surface area contributed by atoms with Crippen molar-refractivity contribution in [1.82, 2.24) is 14.9 Å². The molecule has 2 heterocycles. The van der Waals surface area contributed by atoms with Gasteiger partial charge >= 0.3 is 0 Å². The smallest absolute Gasteiger partial charge is 0.226 e. The first-order valence-electron chi connectivity index (χ1n) is 9.61. The van der Waals surface area contributed by atoms with Gasteiger partial charge < -0.3 is 25.2 Å². The van der Waals surface area contributed by atoms with E-state index in [9.17, 15) is 20.1 Å². The Morgan fingerprint density at radius 1 is 1.03 bits per heavy atom. The highest BCUT2D eigenvalue weighted by Crippen LogP contribution is 2.27. The fourth-order valence-corrected chi connectivity index (χ4v) is 3.78. The maximum atomic E-state index is 11.6. The quantitative estimate of drug-likeness (QED) is 0.246. The Morgan fingerprint density at radius 2 is 1.88 bits per heavy atom. The van der Waals surface area contributed by atoms with Crippen LogP contribution in [0.2, 0.25) is 0 Å². The summed E-state index contributed by atoms with van der Waals surface area (Å²) < 4.78 is 6.99. The average molecular weight is 452 g/mol. The summed E-state index contributed by atoms with van der Waals surface area (Å²) in [5.41, 5.74) is 5.40. The molecule has 4 aromatic rings. The maximum absolute atomic E-state index is 11.6. The number of rotatable bonds is 7. The summed E-state index contributed by atoms with van der Waals surface area (Å²) in [5, 5.41) is 37.8. The zero-order chi connectivity index (χ0) is 22.7. The van der Waals surface area contributed by atoms with Crippen molar-refractivity contribution < 1.29 is 19.7 Å². The number of thioether (sulfide) groups is 1. The third-order valence-corrected chi connectivity index (χ3v) is 5.55. The van der Waals surface area contributed by atoms with Gasteiger partial charge in [-0.1, -0.05) is 41.6 Å². The van der Waals surface area contributed by atoms with Crippen LogP contribution in [0.3, 0.4) is 0 Å². The molecule has 10 heteroatoms. The molecule has 0 aliphatic carbocycles. The van der Waals surface area contributed by atoms with Crippen LogP contribution in [0, 0.1) is 6.92 Å². The van der Waals surface area contributed by atoms with Gasteiger partial charge in [0.25, 0.3) is 0 Å². The molecule has 0 atom stereocenters. The predicted molar refractivity (Wildman–Crippen MR) is 119 cm³/mol. The van der Waals surface area contributed by atoms with Gasteiger partial charge in [0.05, 0.1) is 12.3 Å². The molecule has 2 aromatic carbocycles. The Balaban J connectivity index is 1.62. The van der Waals surface area contributed by atoms with Crippen LogP contribution in [0.4, 0.5) is 0 Å². The van der Waals surface area contributed by atoms with Gasteiger partial charge in [-0.15, -0.1) is 10.2 Å². The zero-order valence-corrected chi connectivity index (χ0v) is 17.8. The van der Waals surface area contributed by atoms with Crippen molar-refractivity contribution in [2.24, 2.45) is 0 Å². The van der Waals surface area contributed by atoms with E-state index in [4.69, 9.17) is 4.42 Å². The molecule has 9 nitrogen and oxygen atoms in total. The molecule has 0 amide bonds. The third-order valence-electron chi connectivity index (χ3n) is 4.60. The van der Waals surface area contributed by atoms with Crippen LogP contribution >= 0.6 is 11.8 Å². The van der Waals surface area contributed by atoms with Gasteiger partial charge in [-0.25, -0.2) is 4.68 Å². The topological polar surface area (TPSA) is 134 Å². The molecule has 0 bridgehead atoms. The van der Waals surface area contributed by atoms with E-state index < -0.39 is 11.2 Å². The van der Waals surface area contributed by atoms with E-state index in [0.29, 0.717) is 29.0 Å². The molecular formula is C22H20N4O5S. The van der Waals surface area contributed by atoms with Crippen molar-refractivity contribution in [2.45, 2.75) is 24.4 Å².